The zero-order valence-corrected chi connectivity index (χ0v) is 13.9. The number of Topliss-reactive ketones (excluding diaryl/α,β-unsaturated/α-hetero) is 1. The van der Waals surface area contributed by atoms with Gasteiger partial charge in [0.05, 0.1) is 5.60 Å². The molecule has 0 saturated heterocycles. The SMILES string of the molecule is CC(=O)CCC=C(C)CC=CC(C)(O)CCCC(C)C. The molecule has 0 aromatic carbocycles. The highest BCUT2D eigenvalue weighted by Gasteiger charge is 2.15. The van der Waals surface area contributed by atoms with Crippen LogP contribution in [0.5, 0.6) is 0 Å². The molecule has 0 rings (SSSR count). The molecule has 0 aliphatic rings. The Bertz CT molecular complexity index is 335. The predicted octanol–water partition coefficient (Wildman–Crippen LogP) is 4.83. The lowest BCUT2D eigenvalue weighted by Crippen LogP contribution is -2.20. The van der Waals surface area contributed by atoms with E-state index >= 15 is 0 Å². The molecule has 0 radical (unpaired) electrons. The Labute approximate surface area is 125 Å². The molecule has 2 heteroatoms. The van der Waals surface area contributed by atoms with E-state index in [0.29, 0.717) is 12.3 Å². The molecular weight excluding hydrogens is 248 g/mol. The molecule has 0 spiro atoms. The Morgan fingerprint density at radius 3 is 2.50 bits per heavy atom. The average molecular weight is 280 g/mol. The van der Waals surface area contributed by atoms with Crippen LogP contribution in [0.25, 0.3) is 0 Å². The van der Waals surface area contributed by atoms with Crippen LogP contribution in [-0.4, -0.2) is 16.5 Å². The lowest BCUT2D eigenvalue weighted by atomic mass is 9.95. The van der Waals surface area contributed by atoms with Gasteiger partial charge in [-0.2, -0.15) is 0 Å². The third kappa shape index (κ3) is 12.2. The number of carbonyl (C=O) groups is 1. The molecule has 0 amide bonds. The van der Waals surface area contributed by atoms with Gasteiger partial charge in [-0.15, -0.1) is 0 Å². The van der Waals surface area contributed by atoms with Gasteiger partial charge in [-0.05, 0) is 46.0 Å². The van der Waals surface area contributed by atoms with Crippen LogP contribution in [0.2, 0.25) is 0 Å². The molecule has 1 unspecified atom stereocenters. The van der Waals surface area contributed by atoms with E-state index in [1.54, 1.807) is 6.92 Å². The number of hydrogen-bond acceptors (Lipinski definition) is 2. The third-order valence-electron chi connectivity index (χ3n) is 3.37. The Morgan fingerprint density at radius 1 is 1.30 bits per heavy atom. The molecule has 116 valence electrons. The van der Waals surface area contributed by atoms with E-state index in [1.165, 1.54) is 5.57 Å². The van der Waals surface area contributed by atoms with E-state index < -0.39 is 5.60 Å². The fraction of sp³-hybridized carbons (Fsp3) is 0.722. The molecular formula is C18H32O2. The summed E-state index contributed by atoms with van der Waals surface area (Å²) in [6.45, 7) is 9.98. The molecule has 0 aliphatic heterocycles. The van der Waals surface area contributed by atoms with Crippen LogP contribution in [0.4, 0.5) is 0 Å². The number of allylic oxidation sites excluding steroid dienone is 3. The van der Waals surface area contributed by atoms with Crippen molar-refractivity contribution in [3.63, 3.8) is 0 Å². The van der Waals surface area contributed by atoms with E-state index in [0.717, 1.165) is 32.1 Å². The standard InChI is InChI=1S/C18H32O2/c1-15(2)9-7-13-18(5,20)14-8-11-16(3)10-6-12-17(4)19/h8,10,14-15,20H,6-7,9,11-13H2,1-5H3. The molecule has 0 heterocycles. The van der Waals surface area contributed by atoms with E-state index in [4.69, 9.17) is 0 Å². The second kappa shape index (κ2) is 9.93. The molecule has 1 atom stereocenters. The van der Waals surface area contributed by atoms with Gasteiger partial charge in [0.2, 0.25) is 0 Å². The fourth-order valence-corrected chi connectivity index (χ4v) is 2.06. The van der Waals surface area contributed by atoms with Crippen molar-refractivity contribution in [2.75, 3.05) is 0 Å². The Hall–Kier alpha value is -0.890. The minimum atomic E-state index is -0.700. The van der Waals surface area contributed by atoms with Gasteiger partial charge < -0.3 is 9.90 Å². The number of carbonyl (C=O) groups excluding carboxylic acids is 1. The highest BCUT2D eigenvalue weighted by atomic mass is 16.3. The summed E-state index contributed by atoms with van der Waals surface area (Å²) in [5, 5.41) is 10.2. The summed E-state index contributed by atoms with van der Waals surface area (Å²) in [5.74, 6) is 0.930. The summed E-state index contributed by atoms with van der Waals surface area (Å²) in [7, 11) is 0. The minimum absolute atomic E-state index is 0.234. The zero-order valence-electron chi connectivity index (χ0n) is 13.9. The van der Waals surface area contributed by atoms with Crippen LogP contribution in [0.3, 0.4) is 0 Å². The van der Waals surface area contributed by atoms with Crippen LogP contribution < -0.4 is 0 Å². The van der Waals surface area contributed by atoms with E-state index in [2.05, 4.69) is 26.8 Å². The van der Waals surface area contributed by atoms with Crippen molar-refractivity contribution < 1.29 is 9.90 Å². The minimum Gasteiger partial charge on any atom is -0.386 e. The molecule has 0 aromatic rings. The topological polar surface area (TPSA) is 37.3 Å². The summed E-state index contributed by atoms with van der Waals surface area (Å²) in [6, 6.07) is 0. The van der Waals surface area contributed by atoms with E-state index in [-0.39, 0.29) is 5.78 Å². The maximum Gasteiger partial charge on any atom is 0.130 e. The number of hydrogen-bond donors (Lipinski definition) is 1. The maximum atomic E-state index is 10.8. The first-order valence-electron chi connectivity index (χ1n) is 7.78. The second-order valence-corrected chi connectivity index (χ2v) is 6.54. The highest BCUT2D eigenvalue weighted by molar-refractivity contribution is 5.75. The molecule has 1 N–H and O–H groups in total. The van der Waals surface area contributed by atoms with Crippen molar-refractivity contribution in [1.29, 1.82) is 0 Å². The Kier molecular flexibility index (Phi) is 9.49. The zero-order chi connectivity index (χ0) is 15.6. The largest absolute Gasteiger partial charge is 0.386 e. The van der Waals surface area contributed by atoms with Crippen LogP contribution in [0.1, 0.15) is 73.1 Å². The molecule has 0 bridgehead atoms. The van der Waals surface area contributed by atoms with Crippen LogP contribution in [0.15, 0.2) is 23.8 Å². The summed E-state index contributed by atoms with van der Waals surface area (Å²) < 4.78 is 0. The molecule has 0 aromatic heterocycles. The number of rotatable bonds is 10. The van der Waals surface area contributed by atoms with Crippen LogP contribution in [0, 0.1) is 5.92 Å². The molecule has 2 nitrogen and oxygen atoms in total. The van der Waals surface area contributed by atoms with E-state index in [9.17, 15) is 9.90 Å². The van der Waals surface area contributed by atoms with Gasteiger partial charge in [0.1, 0.15) is 5.78 Å². The molecule has 0 saturated carbocycles. The quantitative estimate of drug-likeness (QED) is 0.582. The van der Waals surface area contributed by atoms with Crippen molar-refractivity contribution >= 4 is 5.78 Å². The summed E-state index contributed by atoms with van der Waals surface area (Å²) in [6.07, 6.45) is 11.4. The summed E-state index contributed by atoms with van der Waals surface area (Å²) >= 11 is 0. The third-order valence-corrected chi connectivity index (χ3v) is 3.37. The van der Waals surface area contributed by atoms with Crippen molar-refractivity contribution in [2.24, 2.45) is 5.92 Å². The molecule has 0 aliphatic carbocycles. The Morgan fingerprint density at radius 2 is 1.95 bits per heavy atom. The summed E-state index contributed by atoms with van der Waals surface area (Å²) in [4.78, 5) is 10.8. The monoisotopic (exact) mass is 280 g/mol. The van der Waals surface area contributed by atoms with Gasteiger partial charge in [-0.1, -0.05) is 50.5 Å². The van der Waals surface area contributed by atoms with Gasteiger partial charge in [0.25, 0.3) is 0 Å². The van der Waals surface area contributed by atoms with Gasteiger partial charge in [-0.3, -0.25) is 0 Å². The lowest BCUT2D eigenvalue weighted by Gasteiger charge is -2.19. The van der Waals surface area contributed by atoms with E-state index in [1.807, 2.05) is 19.1 Å². The van der Waals surface area contributed by atoms with Crippen molar-refractivity contribution in [1.82, 2.24) is 0 Å². The van der Waals surface area contributed by atoms with Crippen molar-refractivity contribution in [2.45, 2.75) is 78.7 Å². The van der Waals surface area contributed by atoms with Crippen LogP contribution >= 0.6 is 0 Å². The Balaban J connectivity index is 4.04. The maximum absolute atomic E-state index is 10.8. The predicted molar refractivity (Wildman–Crippen MR) is 86.7 cm³/mol. The van der Waals surface area contributed by atoms with Crippen molar-refractivity contribution in [3.8, 4) is 0 Å². The van der Waals surface area contributed by atoms with Gasteiger partial charge in [0, 0.05) is 6.42 Å². The first kappa shape index (κ1) is 19.1. The first-order valence-corrected chi connectivity index (χ1v) is 7.78. The average Bonchev–Trinajstić information content (AvgIpc) is 2.27. The lowest BCUT2D eigenvalue weighted by molar-refractivity contribution is -0.116. The van der Waals surface area contributed by atoms with Gasteiger partial charge >= 0.3 is 0 Å². The normalized spacial score (nSPS) is 15.8. The number of ketones is 1. The summed E-state index contributed by atoms with van der Waals surface area (Å²) in [5.41, 5.74) is 0.551. The van der Waals surface area contributed by atoms with Crippen molar-refractivity contribution in [3.05, 3.63) is 23.8 Å². The molecule has 0 fully saturated rings. The van der Waals surface area contributed by atoms with Crippen LogP contribution in [-0.2, 0) is 4.79 Å². The highest BCUT2D eigenvalue weighted by Crippen LogP contribution is 2.18. The molecule has 20 heavy (non-hydrogen) atoms. The first-order chi connectivity index (χ1) is 9.23. The fourth-order valence-electron chi connectivity index (χ4n) is 2.06. The second-order valence-electron chi connectivity index (χ2n) is 6.54. The number of aliphatic hydroxyl groups is 1. The smallest absolute Gasteiger partial charge is 0.130 e. The van der Waals surface area contributed by atoms with Gasteiger partial charge in [-0.25, -0.2) is 0 Å². The van der Waals surface area contributed by atoms with Gasteiger partial charge in [0.15, 0.2) is 0 Å².